The van der Waals surface area contributed by atoms with Gasteiger partial charge in [-0.1, -0.05) is 73.3 Å². The summed E-state index contributed by atoms with van der Waals surface area (Å²) in [4.78, 5) is 28.7. The van der Waals surface area contributed by atoms with Crippen LogP contribution in [0.5, 0.6) is 0 Å². The van der Waals surface area contributed by atoms with Crippen LogP contribution in [-0.4, -0.2) is 43.8 Å². The van der Waals surface area contributed by atoms with Gasteiger partial charge in [0, 0.05) is 28.2 Å². The molecule has 0 spiro atoms. The topological polar surface area (TPSA) is 86.8 Å². The maximum Gasteiger partial charge on any atom is 0.416 e. The van der Waals surface area contributed by atoms with Crippen molar-refractivity contribution in [2.45, 2.75) is 68.7 Å². The van der Waals surface area contributed by atoms with Gasteiger partial charge in [-0.25, -0.2) is 8.42 Å². The number of benzene rings is 3. The fourth-order valence-corrected chi connectivity index (χ4v) is 7.17. The maximum atomic E-state index is 14.2. The minimum absolute atomic E-state index is 0.0579. The quantitative estimate of drug-likeness (QED) is 0.237. The Balaban J connectivity index is 1.78. The normalized spacial score (nSPS) is 14.7. The van der Waals surface area contributed by atoms with E-state index < -0.39 is 46.2 Å². The summed E-state index contributed by atoms with van der Waals surface area (Å²) in [6.07, 6.45) is -1.08. The molecule has 0 saturated heterocycles. The van der Waals surface area contributed by atoms with Gasteiger partial charge in [-0.05, 0) is 61.7 Å². The lowest BCUT2D eigenvalue weighted by atomic mass is 10.1. The van der Waals surface area contributed by atoms with Crippen molar-refractivity contribution in [1.82, 2.24) is 10.2 Å². The Morgan fingerprint density at radius 2 is 1.57 bits per heavy atom. The lowest BCUT2D eigenvalue weighted by Crippen LogP contribution is -2.53. The van der Waals surface area contributed by atoms with Crippen LogP contribution in [0.4, 0.5) is 18.9 Å². The van der Waals surface area contributed by atoms with Crippen LogP contribution in [0.2, 0.25) is 10.0 Å². The first-order chi connectivity index (χ1) is 20.8. The van der Waals surface area contributed by atoms with Crippen LogP contribution in [0.25, 0.3) is 0 Å². The molecule has 13 heteroatoms. The van der Waals surface area contributed by atoms with Gasteiger partial charge in [-0.2, -0.15) is 13.2 Å². The van der Waals surface area contributed by atoms with Crippen molar-refractivity contribution in [2.24, 2.45) is 0 Å². The van der Waals surface area contributed by atoms with Crippen LogP contribution in [0.15, 0.2) is 77.7 Å². The molecule has 1 unspecified atom stereocenters. The standard InChI is InChI=1S/C31H32Cl2F3N3O4S/c1-2-28(30(41)37-22-11-6-7-12-22)38(19-25-26(32)16-9-17-27(25)33)29(40)20-39(44(42,43)24-14-4-3-5-15-24)23-13-8-10-21(18-23)31(34,35)36/h3-5,8-10,13-18,22,28H,2,6-7,11-12,19-20H2,1H3,(H,37,41). The van der Waals surface area contributed by atoms with Crippen LogP contribution in [-0.2, 0) is 32.3 Å². The number of rotatable bonds is 11. The zero-order valence-electron chi connectivity index (χ0n) is 23.9. The first kappa shape index (κ1) is 33.6. The van der Waals surface area contributed by atoms with Crippen LogP contribution >= 0.6 is 23.2 Å². The van der Waals surface area contributed by atoms with Crippen molar-refractivity contribution in [1.29, 1.82) is 0 Å². The first-order valence-corrected chi connectivity index (χ1v) is 16.3. The van der Waals surface area contributed by atoms with E-state index in [-0.39, 0.29) is 39.6 Å². The SMILES string of the molecule is CCC(C(=O)NC1CCCC1)N(Cc1c(Cl)cccc1Cl)C(=O)CN(c1cccc(C(F)(F)F)c1)S(=O)(=O)c1ccccc1. The molecule has 0 aliphatic heterocycles. The van der Waals surface area contributed by atoms with Gasteiger partial charge in [0.15, 0.2) is 0 Å². The second kappa shape index (κ2) is 14.2. The predicted octanol–water partition coefficient (Wildman–Crippen LogP) is 7.07. The van der Waals surface area contributed by atoms with Crippen LogP contribution in [0.1, 0.15) is 50.2 Å². The summed E-state index contributed by atoms with van der Waals surface area (Å²) >= 11 is 12.8. The lowest BCUT2D eigenvalue weighted by molar-refractivity contribution is -0.140. The van der Waals surface area contributed by atoms with Gasteiger partial charge in [0.2, 0.25) is 11.8 Å². The van der Waals surface area contributed by atoms with Crippen molar-refractivity contribution in [2.75, 3.05) is 10.8 Å². The number of alkyl halides is 3. The molecule has 4 rings (SSSR count). The number of nitrogens with one attached hydrogen (secondary N) is 1. The molecule has 3 aromatic rings. The molecule has 44 heavy (non-hydrogen) atoms. The first-order valence-electron chi connectivity index (χ1n) is 14.1. The second-order valence-electron chi connectivity index (χ2n) is 10.5. The van der Waals surface area contributed by atoms with Gasteiger partial charge in [0.05, 0.1) is 16.1 Å². The Morgan fingerprint density at radius 1 is 0.955 bits per heavy atom. The van der Waals surface area contributed by atoms with E-state index in [1.807, 2.05) is 0 Å². The molecule has 1 aliphatic rings. The Bertz CT molecular complexity index is 1560. The molecular formula is C31H32Cl2F3N3O4S. The summed E-state index contributed by atoms with van der Waals surface area (Å²) in [5.74, 6) is -1.25. The lowest BCUT2D eigenvalue weighted by Gasteiger charge is -2.34. The van der Waals surface area contributed by atoms with Crippen molar-refractivity contribution < 1.29 is 31.2 Å². The number of sulfonamides is 1. The van der Waals surface area contributed by atoms with E-state index in [1.54, 1.807) is 31.2 Å². The molecule has 1 N–H and O–H groups in total. The molecule has 1 aliphatic carbocycles. The minimum Gasteiger partial charge on any atom is -0.352 e. The third-order valence-electron chi connectivity index (χ3n) is 7.55. The highest BCUT2D eigenvalue weighted by molar-refractivity contribution is 7.92. The predicted molar refractivity (Wildman–Crippen MR) is 164 cm³/mol. The number of nitrogens with zero attached hydrogens (tertiary/aromatic N) is 2. The van der Waals surface area contributed by atoms with Crippen molar-refractivity contribution in [3.05, 3.63) is 94.0 Å². The molecule has 7 nitrogen and oxygen atoms in total. The van der Waals surface area contributed by atoms with Gasteiger partial charge >= 0.3 is 6.18 Å². The summed E-state index contributed by atoms with van der Waals surface area (Å²) in [5.41, 5.74) is -1.11. The molecule has 0 bridgehead atoms. The Kier molecular flexibility index (Phi) is 10.9. The Labute approximate surface area is 265 Å². The number of hydrogen-bond donors (Lipinski definition) is 1. The van der Waals surface area contributed by atoms with E-state index in [2.05, 4.69) is 5.32 Å². The summed E-state index contributed by atoms with van der Waals surface area (Å²) in [7, 11) is -4.54. The van der Waals surface area contributed by atoms with E-state index in [0.717, 1.165) is 37.8 Å². The number of anilines is 1. The largest absolute Gasteiger partial charge is 0.416 e. The van der Waals surface area contributed by atoms with Crippen molar-refractivity contribution >= 4 is 50.7 Å². The smallest absolute Gasteiger partial charge is 0.352 e. The van der Waals surface area contributed by atoms with Gasteiger partial charge in [0.1, 0.15) is 12.6 Å². The number of carbonyl (C=O) groups excluding carboxylic acids is 2. The molecule has 0 radical (unpaired) electrons. The molecule has 1 saturated carbocycles. The molecule has 1 fully saturated rings. The van der Waals surface area contributed by atoms with Gasteiger partial charge in [0.25, 0.3) is 10.0 Å². The third-order valence-corrected chi connectivity index (χ3v) is 10.0. The third kappa shape index (κ3) is 7.86. The van der Waals surface area contributed by atoms with E-state index in [1.165, 1.54) is 35.2 Å². The van der Waals surface area contributed by atoms with Crippen molar-refractivity contribution in [3.8, 4) is 0 Å². The van der Waals surface area contributed by atoms with Gasteiger partial charge in [-0.15, -0.1) is 0 Å². The number of halogens is 5. The number of amides is 2. The second-order valence-corrected chi connectivity index (χ2v) is 13.2. The van der Waals surface area contributed by atoms with E-state index in [4.69, 9.17) is 23.2 Å². The minimum atomic E-state index is -4.76. The number of hydrogen-bond acceptors (Lipinski definition) is 4. The summed E-state index contributed by atoms with van der Waals surface area (Å²) in [6.45, 7) is 0.572. The van der Waals surface area contributed by atoms with Crippen LogP contribution in [0, 0.1) is 0 Å². The molecule has 3 aromatic carbocycles. The highest BCUT2D eigenvalue weighted by atomic mass is 35.5. The van der Waals surface area contributed by atoms with Gasteiger partial charge in [-0.3, -0.25) is 13.9 Å². The fraction of sp³-hybridized carbons (Fsp3) is 0.355. The summed E-state index contributed by atoms with van der Waals surface area (Å²) in [6, 6.07) is 14.5. The molecule has 0 aromatic heterocycles. The summed E-state index contributed by atoms with van der Waals surface area (Å²) < 4.78 is 69.3. The zero-order valence-corrected chi connectivity index (χ0v) is 26.2. The van der Waals surface area contributed by atoms with Gasteiger partial charge < -0.3 is 10.2 Å². The van der Waals surface area contributed by atoms with E-state index >= 15 is 0 Å². The maximum absolute atomic E-state index is 14.2. The van der Waals surface area contributed by atoms with Crippen molar-refractivity contribution in [3.63, 3.8) is 0 Å². The average Bonchev–Trinajstić information content (AvgIpc) is 3.50. The highest BCUT2D eigenvalue weighted by Gasteiger charge is 2.36. The Morgan fingerprint density at radius 3 is 2.16 bits per heavy atom. The molecule has 1 atom stereocenters. The molecule has 236 valence electrons. The molecule has 2 amide bonds. The highest BCUT2D eigenvalue weighted by Crippen LogP contribution is 2.34. The zero-order chi connectivity index (χ0) is 32.1. The average molecular weight is 671 g/mol. The molecular weight excluding hydrogens is 638 g/mol. The molecule has 0 heterocycles. The van der Waals surface area contributed by atoms with E-state index in [9.17, 15) is 31.2 Å². The summed E-state index contributed by atoms with van der Waals surface area (Å²) in [5, 5.41) is 3.45. The van der Waals surface area contributed by atoms with E-state index in [0.29, 0.717) is 15.9 Å². The number of carbonyl (C=O) groups is 2. The van der Waals surface area contributed by atoms with Crippen LogP contribution < -0.4 is 9.62 Å². The monoisotopic (exact) mass is 669 g/mol. The fourth-order valence-electron chi connectivity index (χ4n) is 5.23. The Hall–Kier alpha value is -3.28. The van der Waals surface area contributed by atoms with Crippen LogP contribution in [0.3, 0.4) is 0 Å².